The maximum Gasteiger partial charge on any atom is -0.0250 e. The molecule has 0 nitrogen and oxygen atoms in total. The van der Waals surface area contributed by atoms with Gasteiger partial charge in [0.1, 0.15) is 0 Å². The molecule has 0 aliphatic carbocycles. The Hall–Kier alpha value is -1.56. The molecule has 0 bridgehead atoms. The Morgan fingerprint density at radius 1 is 0.810 bits per heavy atom. The van der Waals surface area contributed by atoms with Crippen molar-refractivity contribution < 1.29 is 0 Å². The number of hydrogen-bond donors (Lipinski definition) is 0. The van der Waals surface area contributed by atoms with Crippen LogP contribution in [-0.2, 0) is 6.42 Å². The van der Waals surface area contributed by atoms with E-state index in [0.717, 1.165) is 5.92 Å². The van der Waals surface area contributed by atoms with Gasteiger partial charge >= 0.3 is 0 Å². The van der Waals surface area contributed by atoms with Crippen molar-refractivity contribution in [3.8, 4) is 0 Å². The zero-order valence-electron chi connectivity index (χ0n) is 14.7. The summed E-state index contributed by atoms with van der Waals surface area (Å²) >= 11 is 0. The lowest BCUT2D eigenvalue weighted by atomic mass is 9.96. The van der Waals surface area contributed by atoms with Crippen LogP contribution < -0.4 is 0 Å². The fraction of sp³-hybridized carbons (Fsp3) is 0.429. The van der Waals surface area contributed by atoms with E-state index < -0.39 is 0 Å². The molecule has 116 valence electrons. The Kier molecular flexibility index (Phi) is 11.3. The van der Waals surface area contributed by atoms with Crippen LogP contribution in [0.2, 0.25) is 0 Å². The molecule has 0 N–H and O–H groups in total. The van der Waals surface area contributed by atoms with Crippen LogP contribution in [0.5, 0.6) is 0 Å². The molecular weight excluding hydrogens is 252 g/mol. The van der Waals surface area contributed by atoms with E-state index in [1.165, 1.54) is 29.5 Å². The Balaban J connectivity index is 0.000000377. The minimum Gasteiger partial charge on any atom is -0.0683 e. The summed E-state index contributed by atoms with van der Waals surface area (Å²) in [4.78, 5) is 0. The average Bonchev–Trinajstić information content (AvgIpc) is 2.53. The van der Waals surface area contributed by atoms with Crippen molar-refractivity contribution in [1.82, 2.24) is 0 Å². The van der Waals surface area contributed by atoms with Crippen LogP contribution in [0.25, 0.3) is 0 Å². The highest BCUT2D eigenvalue weighted by Crippen LogP contribution is 2.14. The molecule has 0 heteroatoms. The van der Waals surface area contributed by atoms with Gasteiger partial charge < -0.3 is 0 Å². The molecule has 2 aromatic carbocycles. The van der Waals surface area contributed by atoms with Gasteiger partial charge in [-0.2, -0.15) is 0 Å². The quantitative estimate of drug-likeness (QED) is 0.595. The van der Waals surface area contributed by atoms with E-state index >= 15 is 0 Å². The van der Waals surface area contributed by atoms with E-state index in [4.69, 9.17) is 0 Å². The van der Waals surface area contributed by atoms with Gasteiger partial charge in [0, 0.05) is 0 Å². The van der Waals surface area contributed by atoms with Gasteiger partial charge in [0.05, 0.1) is 0 Å². The highest BCUT2D eigenvalue weighted by molar-refractivity contribution is 5.25. The maximum atomic E-state index is 2.31. The first-order valence-electron chi connectivity index (χ1n) is 8.19. The van der Waals surface area contributed by atoms with Gasteiger partial charge in [-0.3, -0.25) is 0 Å². The second-order valence-corrected chi connectivity index (χ2v) is 5.30. The topological polar surface area (TPSA) is 0 Å². The molecule has 0 radical (unpaired) electrons. The van der Waals surface area contributed by atoms with Crippen LogP contribution in [0, 0.1) is 19.8 Å². The van der Waals surface area contributed by atoms with Crippen molar-refractivity contribution in [1.29, 1.82) is 0 Å². The van der Waals surface area contributed by atoms with E-state index in [2.05, 4.69) is 64.1 Å². The van der Waals surface area contributed by atoms with E-state index in [-0.39, 0.29) is 0 Å². The van der Waals surface area contributed by atoms with Crippen LogP contribution in [0.1, 0.15) is 50.8 Å². The van der Waals surface area contributed by atoms with Crippen LogP contribution >= 0.6 is 0 Å². The molecule has 0 saturated heterocycles. The van der Waals surface area contributed by atoms with E-state index in [0.29, 0.717) is 0 Å². The molecule has 1 unspecified atom stereocenters. The minimum absolute atomic E-state index is 0.811. The summed E-state index contributed by atoms with van der Waals surface area (Å²) in [6.07, 6.45) is 2.50. The Morgan fingerprint density at radius 2 is 1.33 bits per heavy atom. The zero-order valence-corrected chi connectivity index (χ0v) is 14.7. The number of rotatable bonds is 3. The molecule has 0 fully saturated rings. The van der Waals surface area contributed by atoms with Gasteiger partial charge in [0.15, 0.2) is 0 Å². The molecular formula is C21H32. The molecule has 0 heterocycles. The largest absolute Gasteiger partial charge is 0.0683 e. The zero-order chi connectivity index (χ0) is 16.1. The Morgan fingerprint density at radius 3 is 1.76 bits per heavy atom. The fourth-order valence-corrected chi connectivity index (χ4v) is 1.89. The van der Waals surface area contributed by atoms with Gasteiger partial charge in [-0.1, -0.05) is 94.3 Å². The summed E-state index contributed by atoms with van der Waals surface area (Å²) in [7, 11) is 0. The molecule has 2 rings (SSSR count). The van der Waals surface area contributed by atoms with Gasteiger partial charge in [0.25, 0.3) is 0 Å². The van der Waals surface area contributed by atoms with Gasteiger partial charge in [-0.05, 0) is 37.3 Å². The highest BCUT2D eigenvalue weighted by atomic mass is 14.1. The first-order chi connectivity index (χ1) is 10.1. The second-order valence-electron chi connectivity index (χ2n) is 5.30. The number of benzene rings is 2. The third-order valence-corrected chi connectivity index (χ3v) is 3.47. The lowest BCUT2D eigenvalue weighted by Gasteiger charge is -2.10. The van der Waals surface area contributed by atoms with Crippen molar-refractivity contribution in [2.45, 2.75) is 54.4 Å². The SMILES string of the molecule is CC.CCC(C)Cc1ccccc1C.Cc1ccccc1. The van der Waals surface area contributed by atoms with Crippen molar-refractivity contribution in [3.05, 3.63) is 71.3 Å². The molecule has 0 aromatic heterocycles. The summed E-state index contributed by atoms with van der Waals surface area (Å²) in [5.41, 5.74) is 4.26. The first-order valence-corrected chi connectivity index (χ1v) is 8.19. The lowest BCUT2D eigenvalue weighted by Crippen LogP contribution is -1.99. The standard InChI is InChI=1S/C12H18.C7H8.C2H6/c1-4-10(2)9-12-8-6-5-7-11(12)3;1-7-5-3-2-4-6-7;1-2/h5-8,10H,4,9H2,1-3H3;2-6H,1H3;1-2H3. The van der Waals surface area contributed by atoms with Crippen molar-refractivity contribution in [2.75, 3.05) is 0 Å². The third kappa shape index (κ3) is 9.07. The number of hydrogen-bond acceptors (Lipinski definition) is 0. The summed E-state index contributed by atoms with van der Waals surface area (Å²) in [6, 6.07) is 18.9. The van der Waals surface area contributed by atoms with Crippen LogP contribution in [-0.4, -0.2) is 0 Å². The molecule has 0 aliphatic rings. The molecule has 2 aromatic rings. The Bertz CT molecular complexity index is 456. The molecule has 0 spiro atoms. The van der Waals surface area contributed by atoms with E-state index in [1.807, 2.05) is 32.0 Å². The average molecular weight is 284 g/mol. The van der Waals surface area contributed by atoms with Gasteiger partial charge in [-0.15, -0.1) is 0 Å². The van der Waals surface area contributed by atoms with Gasteiger partial charge in [0.2, 0.25) is 0 Å². The van der Waals surface area contributed by atoms with Crippen LogP contribution in [0.3, 0.4) is 0 Å². The maximum absolute atomic E-state index is 2.31. The summed E-state index contributed by atoms with van der Waals surface area (Å²) in [5, 5.41) is 0. The third-order valence-electron chi connectivity index (χ3n) is 3.47. The smallest absolute Gasteiger partial charge is 0.0250 e. The monoisotopic (exact) mass is 284 g/mol. The summed E-state index contributed by atoms with van der Waals surface area (Å²) < 4.78 is 0. The fourth-order valence-electron chi connectivity index (χ4n) is 1.89. The van der Waals surface area contributed by atoms with Crippen molar-refractivity contribution in [2.24, 2.45) is 5.92 Å². The van der Waals surface area contributed by atoms with Crippen molar-refractivity contribution >= 4 is 0 Å². The first kappa shape index (κ1) is 19.4. The van der Waals surface area contributed by atoms with Crippen LogP contribution in [0.4, 0.5) is 0 Å². The van der Waals surface area contributed by atoms with Crippen LogP contribution in [0.15, 0.2) is 54.6 Å². The molecule has 0 saturated carbocycles. The predicted octanol–water partition coefficient (Wildman–Crippen LogP) is 6.60. The molecule has 0 aliphatic heterocycles. The molecule has 21 heavy (non-hydrogen) atoms. The summed E-state index contributed by atoms with van der Waals surface area (Å²) in [5.74, 6) is 0.811. The lowest BCUT2D eigenvalue weighted by molar-refractivity contribution is 0.559. The highest BCUT2D eigenvalue weighted by Gasteiger charge is 2.02. The normalized spacial score (nSPS) is 10.6. The molecule has 1 atom stereocenters. The predicted molar refractivity (Wildman–Crippen MR) is 96.9 cm³/mol. The van der Waals surface area contributed by atoms with Gasteiger partial charge in [-0.25, -0.2) is 0 Å². The minimum atomic E-state index is 0.811. The van der Waals surface area contributed by atoms with E-state index in [1.54, 1.807) is 0 Å². The van der Waals surface area contributed by atoms with E-state index in [9.17, 15) is 0 Å². The number of aryl methyl sites for hydroxylation is 2. The van der Waals surface area contributed by atoms with Crippen molar-refractivity contribution in [3.63, 3.8) is 0 Å². The Labute approximate surface area is 132 Å². The second kappa shape index (κ2) is 12.2. The summed E-state index contributed by atoms with van der Waals surface area (Å²) in [6.45, 7) is 12.8. The molecule has 0 amide bonds.